The number of carbonyl (C=O) groups excluding carboxylic acids is 1. The summed E-state index contributed by atoms with van der Waals surface area (Å²) >= 11 is 0. The maximum absolute atomic E-state index is 13.0. The number of amides is 1. The summed E-state index contributed by atoms with van der Waals surface area (Å²) in [6.07, 6.45) is 3.05. The zero-order valence-corrected chi connectivity index (χ0v) is 14.9. The molecule has 2 fully saturated rings. The molecule has 0 saturated carbocycles. The summed E-state index contributed by atoms with van der Waals surface area (Å²) in [4.78, 5) is 17.4. The number of methoxy groups -OCH3 is 1. The molecule has 5 heteroatoms. The van der Waals surface area contributed by atoms with E-state index in [1.165, 1.54) is 0 Å². The van der Waals surface area contributed by atoms with Gasteiger partial charge in [-0.2, -0.15) is 0 Å². The third kappa shape index (κ3) is 3.18. The van der Waals surface area contributed by atoms with Crippen molar-refractivity contribution >= 4 is 16.9 Å². The van der Waals surface area contributed by atoms with Crippen molar-refractivity contribution in [3.63, 3.8) is 0 Å². The Kier molecular flexibility index (Phi) is 4.52. The van der Waals surface area contributed by atoms with Crippen molar-refractivity contribution in [3.8, 4) is 0 Å². The van der Waals surface area contributed by atoms with Gasteiger partial charge in [-0.3, -0.25) is 9.69 Å². The number of carbonyl (C=O) groups is 1. The third-order valence-corrected chi connectivity index (χ3v) is 5.68. The highest BCUT2D eigenvalue weighted by Gasteiger charge is 2.48. The van der Waals surface area contributed by atoms with E-state index in [-0.39, 0.29) is 5.41 Å². The van der Waals surface area contributed by atoms with E-state index in [4.69, 9.17) is 9.15 Å². The van der Waals surface area contributed by atoms with Crippen LogP contribution < -0.4 is 0 Å². The van der Waals surface area contributed by atoms with Crippen LogP contribution >= 0.6 is 0 Å². The molecule has 1 amide bonds. The normalized spacial score (nSPS) is 24.7. The largest absolute Gasteiger partial charge is 0.460 e. The first-order valence-electron chi connectivity index (χ1n) is 9.18. The SMILES string of the molecule is COCCN1CCC[C@@]2(CCN(Cc3cc4ccccc4o3)C2)C1=O. The van der Waals surface area contributed by atoms with E-state index in [0.29, 0.717) is 19.1 Å². The van der Waals surface area contributed by atoms with E-state index in [1.807, 2.05) is 23.1 Å². The van der Waals surface area contributed by atoms with Gasteiger partial charge in [-0.25, -0.2) is 0 Å². The lowest BCUT2D eigenvalue weighted by molar-refractivity contribution is -0.146. The number of para-hydroxylation sites is 1. The van der Waals surface area contributed by atoms with E-state index in [9.17, 15) is 4.79 Å². The first kappa shape index (κ1) is 16.6. The van der Waals surface area contributed by atoms with Crippen molar-refractivity contribution in [2.24, 2.45) is 5.41 Å². The molecule has 0 bridgehead atoms. The Labute approximate surface area is 148 Å². The number of likely N-dealkylation sites (tertiary alicyclic amines) is 2. The molecular formula is C20H26N2O3. The number of furan rings is 1. The summed E-state index contributed by atoms with van der Waals surface area (Å²) in [6.45, 7) is 4.77. The van der Waals surface area contributed by atoms with Gasteiger partial charge in [0.2, 0.25) is 5.91 Å². The lowest BCUT2D eigenvalue weighted by Crippen LogP contribution is -2.50. The molecule has 5 nitrogen and oxygen atoms in total. The number of ether oxygens (including phenoxy) is 1. The third-order valence-electron chi connectivity index (χ3n) is 5.68. The molecule has 2 saturated heterocycles. The summed E-state index contributed by atoms with van der Waals surface area (Å²) < 4.78 is 11.1. The van der Waals surface area contributed by atoms with Crippen LogP contribution in [0.2, 0.25) is 0 Å². The molecule has 1 atom stereocenters. The van der Waals surface area contributed by atoms with Gasteiger partial charge in [-0.15, -0.1) is 0 Å². The average molecular weight is 342 g/mol. The van der Waals surface area contributed by atoms with Gasteiger partial charge in [-0.05, 0) is 37.9 Å². The molecule has 1 aromatic carbocycles. The average Bonchev–Trinajstić information content (AvgIpc) is 3.21. The number of hydrogen-bond acceptors (Lipinski definition) is 4. The fourth-order valence-electron chi connectivity index (χ4n) is 4.37. The number of nitrogens with zero attached hydrogens (tertiary/aromatic N) is 2. The fourth-order valence-corrected chi connectivity index (χ4v) is 4.37. The van der Waals surface area contributed by atoms with E-state index < -0.39 is 0 Å². The summed E-state index contributed by atoms with van der Waals surface area (Å²) in [6, 6.07) is 10.2. The molecule has 3 heterocycles. The second-order valence-electron chi connectivity index (χ2n) is 7.38. The molecule has 0 unspecified atom stereocenters. The van der Waals surface area contributed by atoms with Crippen LogP contribution in [0.4, 0.5) is 0 Å². The summed E-state index contributed by atoms with van der Waals surface area (Å²) in [5.74, 6) is 1.31. The lowest BCUT2D eigenvalue weighted by atomic mass is 9.78. The predicted octanol–water partition coefficient (Wildman–Crippen LogP) is 2.89. The van der Waals surface area contributed by atoms with E-state index >= 15 is 0 Å². The first-order valence-corrected chi connectivity index (χ1v) is 9.18. The maximum atomic E-state index is 13.0. The molecule has 1 aromatic heterocycles. The summed E-state index contributed by atoms with van der Waals surface area (Å²) in [5.41, 5.74) is 0.740. The maximum Gasteiger partial charge on any atom is 0.230 e. The van der Waals surface area contributed by atoms with Crippen molar-refractivity contribution in [1.82, 2.24) is 9.80 Å². The van der Waals surface area contributed by atoms with Crippen LogP contribution in [0.15, 0.2) is 34.7 Å². The van der Waals surface area contributed by atoms with Crippen LogP contribution in [0.1, 0.15) is 25.0 Å². The van der Waals surface area contributed by atoms with Crippen molar-refractivity contribution in [3.05, 3.63) is 36.1 Å². The molecule has 0 aliphatic carbocycles. The van der Waals surface area contributed by atoms with Crippen LogP contribution in [0.25, 0.3) is 11.0 Å². The Morgan fingerprint density at radius 1 is 1.24 bits per heavy atom. The highest BCUT2D eigenvalue weighted by molar-refractivity contribution is 5.84. The van der Waals surface area contributed by atoms with Gasteiger partial charge >= 0.3 is 0 Å². The fraction of sp³-hybridized carbons (Fsp3) is 0.550. The van der Waals surface area contributed by atoms with Crippen LogP contribution in [-0.4, -0.2) is 55.6 Å². The Morgan fingerprint density at radius 3 is 2.96 bits per heavy atom. The topological polar surface area (TPSA) is 45.9 Å². The summed E-state index contributed by atoms with van der Waals surface area (Å²) in [5, 5.41) is 1.14. The van der Waals surface area contributed by atoms with Crippen LogP contribution in [0, 0.1) is 5.41 Å². The second kappa shape index (κ2) is 6.81. The van der Waals surface area contributed by atoms with Crippen molar-refractivity contribution in [2.75, 3.05) is 39.9 Å². The smallest absolute Gasteiger partial charge is 0.230 e. The van der Waals surface area contributed by atoms with Gasteiger partial charge in [0.15, 0.2) is 0 Å². The molecule has 134 valence electrons. The highest BCUT2D eigenvalue weighted by Crippen LogP contribution is 2.40. The Bertz CT molecular complexity index is 723. The predicted molar refractivity (Wildman–Crippen MR) is 96.2 cm³/mol. The van der Waals surface area contributed by atoms with Gasteiger partial charge in [0.25, 0.3) is 0 Å². The standard InChI is InChI=1S/C20H26N2O3/c1-24-12-11-22-9-4-7-20(19(22)23)8-10-21(15-20)14-17-13-16-5-2-3-6-18(16)25-17/h2-3,5-6,13H,4,7-12,14-15H2,1H3/t20-/m0/s1. The minimum Gasteiger partial charge on any atom is -0.460 e. The number of piperidine rings is 1. The second-order valence-corrected chi connectivity index (χ2v) is 7.38. The monoisotopic (exact) mass is 342 g/mol. The van der Waals surface area contributed by atoms with Gasteiger partial charge in [0.1, 0.15) is 11.3 Å². The van der Waals surface area contributed by atoms with Gasteiger partial charge in [0.05, 0.1) is 18.6 Å². The van der Waals surface area contributed by atoms with Crippen LogP contribution in [0.3, 0.4) is 0 Å². The number of hydrogen-bond donors (Lipinski definition) is 0. The molecule has 2 aliphatic heterocycles. The quantitative estimate of drug-likeness (QED) is 0.838. The molecule has 4 rings (SSSR count). The molecule has 1 spiro atoms. The van der Waals surface area contributed by atoms with Gasteiger partial charge < -0.3 is 14.1 Å². The van der Waals surface area contributed by atoms with Crippen LogP contribution in [0.5, 0.6) is 0 Å². The zero-order chi connectivity index (χ0) is 17.3. The van der Waals surface area contributed by atoms with Crippen LogP contribution in [-0.2, 0) is 16.1 Å². The molecule has 0 radical (unpaired) electrons. The lowest BCUT2D eigenvalue weighted by Gasteiger charge is -2.39. The van der Waals surface area contributed by atoms with Gasteiger partial charge in [0, 0.05) is 32.1 Å². The minimum absolute atomic E-state index is 0.196. The summed E-state index contributed by atoms with van der Waals surface area (Å²) in [7, 11) is 1.69. The van der Waals surface area contributed by atoms with Crippen molar-refractivity contribution < 1.29 is 13.9 Å². The molecule has 2 aliphatic rings. The number of benzene rings is 1. The first-order chi connectivity index (χ1) is 12.2. The van der Waals surface area contributed by atoms with Gasteiger partial charge in [-0.1, -0.05) is 18.2 Å². The molecule has 0 N–H and O–H groups in total. The minimum atomic E-state index is -0.196. The zero-order valence-electron chi connectivity index (χ0n) is 14.9. The Balaban J connectivity index is 1.44. The molecule has 2 aromatic rings. The van der Waals surface area contributed by atoms with E-state index in [2.05, 4.69) is 17.0 Å². The molecule has 25 heavy (non-hydrogen) atoms. The Hall–Kier alpha value is -1.85. The van der Waals surface area contributed by atoms with E-state index in [1.54, 1.807) is 7.11 Å². The van der Waals surface area contributed by atoms with E-state index in [0.717, 1.165) is 62.2 Å². The highest BCUT2D eigenvalue weighted by atomic mass is 16.5. The number of fused-ring (bicyclic) bond motifs is 1. The van der Waals surface area contributed by atoms with Crippen molar-refractivity contribution in [2.45, 2.75) is 25.8 Å². The molecular weight excluding hydrogens is 316 g/mol. The number of rotatable bonds is 5. The van der Waals surface area contributed by atoms with Crippen molar-refractivity contribution in [1.29, 1.82) is 0 Å². The Morgan fingerprint density at radius 2 is 2.12 bits per heavy atom.